The minimum atomic E-state index is 0.422. The van der Waals surface area contributed by atoms with Crippen LogP contribution in [-0.2, 0) is 0 Å². The van der Waals surface area contributed by atoms with Gasteiger partial charge in [0.25, 0.3) is 0 Å². The fourth-order valence-electron chi connectivity index (χ4n) is 1.47. The fraction of sp³-hybridized carbons (Fsp3) is 0.0769. The van der Waals surface area contributed by atoms with Crippen LogP contribution in [0.15, 0.2) is 24.3 Å². The van der Waals surface area contributed by atoms with Crippen LogP contribution in [0.25, 0.3) is 12.2 Å². The number of halogens is 3. The van der Waals surface area contributed by atoms with Gasteiger partial charge in [0.05, 0.1) is 0 Å². The summed E-state index contributed by atoms with van der Waals surface area (Å²) in [5.74, 6) is 0.552. The van der Waals surface area contributed by atoms with Crippen LogP contribution in [0.1, 0.15) is 17.1 Å². The van der Waals surface area contributed by atoms with Crippen LogP contribution in [0.2, 0.25) is 15.2 Å². The third-order valence-electron chi connectivity index (χ3n) is 2.15. The lowest BCUT2D eigenvalue weighted by molar-refractivity contribution is 1.08. The second-order valence-corrected chi connectivity index (χ2v) is 4.99. The maximum Gasteiger partial charge on any atom is 0.153 e. The van der Waals surface area contributed by atoms with E-state index in [0.29, 0.717) is 21.0 Å². The first-order valence-electron chi connectivity index (χ1n) is 5.18. The molecule has 1 aromatic heterocycles. The molecule has 0 aliphatic rings. The molecule has 92 valence electrons. The molecule has 18 heavy (non-hydrogen) atoms. The van der Waals surface area contributed by atoms with Gasteiger partial charge in [-0.3, -0.25) is 0 Å². The third kappa shape index (κ3) is 3.70. The van der Waals surface area contributed by atoms with Crippen molar-refractivity contribution in [2.45, 2.75) is 6.92 Å². The first-order valence-corrected chi connectivity index (χ1v) is 6.32. The van der Waals surface area contributed by atoms with Gasteiger partial charge in [-0.05, 0) is 42.8 Å². The van der Waals surface area contributed by atoms with E-state index in [4.69, 9.17) is 34.8 Å². The van der Waals surface area contributed by atoms with Crippen molar-refractivity contribution in [3.05, 3.63) is 56.5 Å². The van der Waals surface area contributed by atoms with Gasteiger partial charge in [-0.15, -0.1) is 0 Å². The highest BCUT2D eigenvalue weighted by Crippen LogP contribution is 2.20. The Bertz CT molecular complexity index is 515. The van der Waals surface area contributed by atoms with Crippen LogP contribution in [0.4, 0.5) is 0 Å². The van der Waals surface area contributed by atoms with Crippen LogP contribution >= 0.6 is 34.8 Å². The second kappa shape index (κ2) is 5.70. The lowest BCUT2D eigenvalue weighted by atomic mass is 10.2. The van der Waals surface area contributed by atoms with E-state index in [9.17, 15) is 0 Å². The highest BCUT2D eigenvalue weighted by Gasteiger charge is 1.98. The van der Waals surface area contributed by atoms with E-state index in [1.54, 1.807) is 30.3 Å². The van der Waals surface area contributed by atoms with Crippen LogP contribution in [0.5, 0.6) is 0 Å². The molecule has 1 aromatic carbocycles. The van der Waals surface area contributed by atoms with E-state index in [2.05, 4.69) is 9.97 Å². The predicted octanol–water partition coefficient (Wildman–Crippen LogP) is 4.92. The molecule has 0 aliphatic carbocycles. The Morgan fingerprint density at radius 2 is 1.56 bits per heavy atom. The minimum absolute atomic E-state index is 0.422. The summed E-state index contributed by atoms with van der Waals surface area (Å²) in [5.41, 5.74) is 1.70. The lowest BCUT2D eigenvalue weighted by Crippen LogP contribution is -1.90. The first-order chi connectivity index (χ1) is 8.52. The van der Waals surface area contributed by atoms with Gasteiger partial charge in [-0.25, -0.2) is 9.97 Å². The Hall–Kier alpha value is -1.09. The van der Waals surface area contributed by atoms with Crippen LogP contribution in [-0.4, -0.2) is 9.97 Å². The maximum absolute atomic E-state index is 5.91. The summed E-state index contributed by atoms with van der Waals surface area (Å²) in [4.78, 5) is 8.34. The van der Waals surface area contributed by atoms with Gasteiger partial charge in [0, 0.05) is 15.7 Å². The summed E-state index contributed by atoms with van der Waals surface area (Å²) in [6.07, 6.45) is 3.60. The van der Waals surface area contributed by atoms with Crippen molar-refractivity contribution < 1.29 is 0 Å². The van der Waals surface area contributed by atoms with Crippen LogP contribution in [0, 0.1) is 6.92 Å². The van der Waals surface area contributed by atoms with Crippen LogP contribution in [0.3, 0.4) is 0 Å². The molecule has 0 N–H and O–H groups in total. The minimum Gasteiger partial charge on any atom is -0.234 e. The summed E-state index contributed by atoms with van der Waals surface area (Å²) in [6, 6.07) is 7.00. The van der Waals surface area contributed by atoms with Crippen molar-refractivity contribution in [3.8, 4) is 0 Å². The smallest absolute Gasteiger partial charge is 0.153 e. The van der Waals surface area contributed by atoms with E-state index >= 15 is 0 Å². The number of rotatable bonds is 2. The summed E-state index contributed by atoms with van der Waals surface area (Å²) < 4.78 is 0. The normalized spacial score (nSPS) is 11.1. The zero-order valence-electron chi connectivity index (χ0n) is 9.49. The largest absolute Gasteiger partial charge is 0.234 e. The van der Waals surface area contributed by atoms with Gasteiger partial charge in [-0.1, -0.05) is 40.9 Å². The zero-order valence-corrected chi connectivity index (χ0v) is 11.8. The first kappa shape index (κ1) is 13.3. The van der Waals surface area contributed by atoms with Gasteiger partial charge in [0.2, 0.25) is 0 Å². The summed E-state index contributed by atoms with van der Waals surface area (Å²) in [6.45, 7) is 1.86. The summed E-state index contributed by atoms with van der Waals surface area (Å²) in [7, 11) is 0. The third-order valence-corrected chi connectivity index (χ3v) is 2.78. The number of nitrogens with zero attached hydrogens (tertiary/aromatic N) is 2. The van der Waals surface area contributed by atoms with Crippen molar-refractivity contribution in [1.29, 1.82) is 0 Å². The maximum atomic E-state index is 5.91. The molecule has 0 bridgehead atoms. The van der Waals surface area contributed by atoms with Gasteiger partial charge in [0.1, 0.15) is 5.15 Å². The SMILES string of the molecule is Cc1cc(Cl)nc(C=Cc2cc(Cl)cc(Cl)c2)n1. The fourth-order valence-corrected chi connectivity index (χ4v) is 2.26. The van der Waals surface area contributed by atoms with Gasteiger partial charge >= 0.3 is 0 Å². The summed E-state index contributed by atoms with van der Waals surface area (Å²) in [5, 5.41) is 1.60. The number of hydrogen-bond donors (Lipinski definition) is 0. The summed E-state index contributed by atoms with van der Waals surface area (Å²) >= 11 is 17.7. The van der Waals surface area contributed by atoms with Gasteiger partial charge in [-0.2, -0.15) is 0 Å². The molecule has 5 heteroatoms. The molecule has 0 spiro atoms. The monoisotopic (exact) mass is 298 g/mol. The molecule has 0 radical (unpaired) electrons. The quantitative estimate of drug-likeness (QED) is 0.736. The molecule has 0 saturated carbocycles. The Kier molecular flexibility index (Phi) is 4.23. The average Bonchev–Trinajstić information content (AvgIpc) is 2.23. The number of hydrogen-bond acceptors (Lipinski definition) is 2. The average molecular weight is 300 g/mol. The standard InChI is InChI=1S/C13H9Cl3N2/c1-8-4-12(16)18-13(17-8)3-2-9-5-10(14)7-11(15)6-9/h2-7H,1H3. The molecule has 0 aliphatic heterocycles. The molecule has 0 fully saturated rings. The Balaban J connectivity index is 2.29. The molecular weight excluding hydrogens is 291 g/mol. The highest BCUT2D eigenvalue weighted by atomic mass is 35.5. The van der Waals surface area contributed by atoms with Crippen LogP contribution < -0.4 is 0 Å². The Morgan fingerprint density at radius 3 is 2.17 bits per heavy atom. The molecule has 0 atom stereocenters. The molecule has 2 aromatic rings. The van der Waals surface area contributed by atoms with Crippen molar-refractivity contribution in [3.63, 3.8) is 0 Å². The van der Waals surface area contributed by atoms with E-state index < -0.39 is 0 Å². The van der Waals surface area contributed by atoms with Crippen molar-refractivity contribution in [2.24, 2.45) is 0 Å². The van der Waals surface area contributed by atoms with E-state index in [1.807, 2.05) is 13.0 Å². The second-order valence-electron chi connectivity index (χ2n) is 3.73. The molecule has 0 unspecified atom stereocenters. The van der Waals surface area contributed by atoms with E-state index in [0.717, 1.165) is 11.3 Å². The van der Waals surface area contributed by atoms with Gasteiger partial charge < -0.3 is 0 Å². The molecule has 2 rings (SSSR count). The van der Waals surface area contributed by atoms with Crippen molar-refractivity contribution in [2.75, 3.05) is 0 Å². The molecule has 0 saturated heterocycles. The van der Waals surface area contributed by atoms with Crippen molar-refractivity contribution >= 4 is 47.0 Å². The molecule has 2 nitrogen and oxygen atoms in total. The number of aryl methyl sites for hydroxylation is 1. The zero-order chi connectivity index (χ0) is 13.1. The molecule has 1 heterocycles. The lowest BCUT2D eigenvalue weighted by Gasteiger charge is -1.98. The molecular formula is C13H9Cl3N2. The topological polar surface area (TPSA) is 25.8 Å². The number of benzene rings is 1. The predicted molar refractivity (Wildman–Crippen MR) is 77.2 cm³/mol. The van der Waals surface area contributed by atoms with Gasteiger partial charge in [0.15, 0.2) is 5.82 Å². The molecule has 0 amide bonds. The van der Waals surface area contributed by atoms with Crippen molar-refractivity contribution in [1.82, 2.24) is 9.97 Å². The van der Waals surface area contributed by atoms with E-state index in [-0.39, 0.29) is 0 Å². The number of aromatic nitrogens is 2. The van der Waals surface area contributed by atoms with E-state index in [1.165, 1.54) is 0 Å². The highest BCUT2D eigenvalue weighted by molar-refractivity contribution is 6.34. The Morgan fingerprint density at radius 1 is 0.889 bits per heavy atom. The Labute approximate surface area is 120 Å².